The van der Waals surface area contributed by atoms with E-state index in [-0.39, 0.29) is 5.54 Å². The summed E-state index contributed by atoms with van der Waals surface area (Å²) in [6.07, 6.45) is 2.63. The fraction of sp³-hybridized carbons (Fsp3) is 1.00. The van der Waals surface area contributed by atoms with E-state index in [0.717, 1.165) is 26.0 Å². The third-order valence-corrected chi connectivity index (χ3v) is 3.33. The average molecular weight is 201 g/mol. The van der Waals surface area contributed by atoms with Gasteiger partial charge in [-0.2, -0.15) is 0 Å². The SMILES string of the molecule is CC(C)(O)C(C)(C)NCC1CCCO1. The van der Waals surface area contributed by atoms with Crippen LogP contribution < -0.4 is 5.32 Å². The topological polar surface area (TPSA) is 41.5 Å². The second-order valence-electron chi connectivity index (χ2n) is 5.20. The Bertz CT molecular complexity index is 178. The molecule has 0 aromatic carbocycles. The third kappa shape index (κ3) is 2.94. The van der Waals surface area contributed by atoms with Crippen LogP contribution in [0.15, 0.2) is 0 Å². The molecular weight excluding hydrogens is 178 g/mol. The van der Waals surface area contributed by atoms with Crippen LogP contribution in [-0.4, -0.2) is 35.5 Å². The number of ether oxygens (including phenoxy) is 1. The molecule has 3 heteroatoms. The molecule has 0 aromatic heterocycles. The zero-order valence-corrected chi connectivity index (χ0v) is 9.76. The summed E-state index contributed by atoms with van der Waals surface area (Å²) in [5, 5.41) is 13.3. The monoisotopic (exact) mass is 201 g/mol. The largest absolute Gasteiger partial charge is 0.389 e. The summed E-state index contributed by atoms with van der Waals surface area (Å²) in [6, 6.07) is 0. The van der Waals surface area contributed by atoms with Gasteiger partial charge in [0, 0.05) is 18.7 Å². The Morgan fingerprint density at radius 1 is 1.36 bits per heavy atom. The van der Waals surface area contributed by atoms with Crippen molar-refractivity contribution in [3.8, 4) is 0 Å². The van der Waals surface area contributed by atoms with Gasteiger partial charge in [-0.05, 0) is 40.5 Å². The van der Waals surface area contributed by atoms with Crippen molar-refractivity contribution < 1.29 is 9.84 Å². The van der Waals surface area contributed by atoms with Crippen LogP contribution in [-0.2, 0) is 4.74 Å². The Kier molecular flexibility index (Phi) is 3.56. The van der Waals surface area contributed by atoms with E-state index in [4.69, 9.17) is 4.74 Å². The molecule has 1 rings (SSSR count). The molecule has 1 fully saturated rings. The van der Waals surface area contributed by atoms with Gasteiger partial charge in [0.25, 0.3) is 0 Å². The highest BCUT2D eigenvalue weighted by Crippen LogP contribution is 2.21. The standard InChI is InChI=1S/C11H23NO2/c1-10(2,11(3,4)13)12-8-9-6-5-7-14-9/h9,12-13H,5-8H2,1-4H3. The maximum Gasteiger partial charge on any atom is 0.0767 e. The molecule has 0 bridgehead atoms. The Balaban J connectivity index is 2.35. The summed E-state index contributed by atoms with van der Waals surface area (Å²) in [4.78, 5) is 0. The van der Waals surface area contributed by atoms with Gasteiger partial charge in [-0.25, -0.2) is 0 Å². The van der Waals surface area contributed by atoms with E-state index < -0.39 is 5.60 Å². The molecule has 0 spiro atoms. The molecule has 0 aliphatic carbocycles. The molecule has 14 heavy (non-hydrogen) atoms. The lowest BCUT2D eigenvalue weighted by Crippen LogP contribution is -2.57. The highest BCUT2D eigenvalue weighted by molar-refractivity contribution is 4.94. The number of hydrogen-bond donors (Lipinski definition) is 2. The van der Waals surface area contributed by atoms with Crippen LogP contribution in [0, 0.1) is 0 Å². The lowest BCUT2D eigenvalue weighted by Gasteiger charge is -2.38. The first-order valence-corrected chi connectivity index (χ1v) is 5.42. The predicted octanol–water partition coefficient (Wildman–Crippen LogP) is 1.30. The second kappa shape index (κ2) is 4.17. The van der Waals surface area contributed by atoms with E-state index in [1.165, 1.54) is 0 Å². The Morgan fingerprint density at radius 2 is 2.00 bits per heavy atom. The van der Waals surface area contributed by atoms with Crippen molar-refractivity contribution in [2.75, 3.05) is 13.2 Å². The normalized spacial score (nSPS) is 24.2. The molecule has 0 aromatic rings. The molecule has 0 amide bonds. The van der Waals surface area contributed by atoms with Gasteiger partial charge in [0.05, 0.1) is 11.7 Å². The number of aliphatic hydroxyl groups is 1. The number of nitrogens with one attached hydrogen (secondary N) is 1. The van der Waals surface area contributed by atoms with Gasteiger partial charge in [-0.3, -0.25) is 0 Å². The van der Waals surface area contributed by atoms with Crippen LogP contribution in [0.4, 0.5) is 0 Å². The summed E-state index contributed by atoms with van der Waals surface area (Å²) in [6.45, 7) is 9.40. The van der Waals surface area contributed by atoms with Gasteiger partial charge >= 0.3 is 0 Å². The first-order chi connectivity index (χ1) is 6.33. The van der Waals surface area contributed by atoms with E-state index in [0.29, 0.717) is 6.10 Å². The maximum absolute atomic E-state index is 9.92. The molecule has 1 aliphatic rings. The lowest BCUT2D eigenvalue weighted by molar-refractivity contribution is -0.0113. The molecule has 0 radical (unpaired) electrons. The van der Waals surface area contributed by atoms with E-state index in [1.807, 2.05) is 27.7 Å². The zero-order chi connectivity index (χ0) is 10.8. The van der Waals surface area contributed by atoms with Crippen molar-refractivity contribution in [3.05, 3.63) is 0 Å². The van der Waals surface area contributed by atoms with Gasteiger partial charge < -0.3 is 15.2 Å². The van der Waals surface area contributed by atoms with E-state index in [9.17, 15) is 5.11 Å². The zero-order valence-electron chi connectivity index (χ0n) is 9.76. The molecule has 1 atom stereocenters. The van der Waals surface area contributed by atoms with Crippen LogP contribution >= 0.6 is 0 Å². The molecule has 0 saturated carbocycles. The van der Waals surface area contributed by atoms with Crippen molar-refractivity contribution in [3.63, 3.8) is 0 Å². The van der Waals surface area contributed by atoms with Crippen LogP contribution in [0.2, 0.25) is 0 Å². The van der Waals surface area contributed by atoms with E-state index >= 15 is 0 Å². The fourth-order valence-electron chi connectivity index (χ4n) is 1.39. The third-order valence-electron chi connectivity index (χ3n) is 3.33. The number of rotatable bonds is 4. The minimum absolute atomic E-state index is 0.279. The summed E-state index contributed by atoms with van der Waals surface area (Å²) in [5.41, 5.74) is -0.995. The van der Waals surface area contributed by atoms with Gasteiger partial charge in [-0.1, -0.05) is 0 Å². The molecular formula is C11H23NO2. The average Bonchev–Trinajstić information content (AvgIpc) is 2.50. The van der Waals surface area contributed by atoms with Crippen LogP contribution in [0.1, 0.15) is 40.5 Å². The van der Waals surface area contributed by atoms with Gasteiger partial charge in [0.2, 0.25) is 0 Å². The summed E-state index contributed by atoms with van der Waals surface area (Å²) >= 11 is 0. The highest BCUT2D eigenvalue weighted by atomic mass is 16.5. The van der Waals surface area contributed by atoms with Crippen molar-refractivity contribution in [1.82, 2.24) is 5.32 Å². The Labute approximate surface area is 86.8 Å². The number of hydrogen-bond acceptors (Lipinski definition) is 3. The van der Waals surface area contributed by atoms with Crippen molar-refractivity contribution >= 4 is 0 Å². The van der Waals surface area contributed by atoms with Gasteiger partial charge in [0.15, 0.2) is 0 Å². The quantitative estimate of drug-likeness (QED) is 0.720. The smallest absolute Gasteiger partial charge is 0.0767 e. The highest BCUT2D eigenvalue weighted by Gasteiger charge is 2.35. The second-order valence-corrected chi connectivity index (χ2v) is 5.20. The summed E-state index contributed by atoms with van der Waals surface area (Å²) < 4.78 is 5.52. The van der Waals surface area contributed by atoms with Crippen LogP contribution in [0.5, 0.6) is 0 Å². The fourth-order valence-corrected chi connectivity index (χ4v) is 1.39. The molecule has 1 heterocycles. The minimum Gasteiger partial charge on any atom is -0.389 e. The van der Waals surface area contributed by atoms with Gasteiger partial charge in [-0.15, -0.1) is 0 Å². The molecule has 1 aliphatic heterocycles. The van der Waals surface area contributed by atoms with Crippen LogP contribution in [0.25, 0.3) is 0 Å². The summed E-state index contributed by atoms with van der Waals surface area (Å²) in [5.74, 6) is 0. The summed E-state index contributed by atoms with van der Waals surface area (Å²) in [7, 11) is 0. The van der Waals surface area contributed by atoms with Crippen molar-refractivity contribution in [2.24, 2.45) is 0 Å². The van der Waals surface area contributed by atoms with Crippen molar-refractivity contribution in [1.29, 1.82) is 0 Å². The molecule has 2 N–H and O–H groups in total. The molecule has 84 valence electrons. The van der Waals surface area contributed by atoms with Crippen LogP contribution in [0.3, 0.4) is 0 Å². The predicted molar refractivity (Wildman–Crippen MR) is 57.4 cm³/mol. The first-order valence-electron chi connectivity index (χ1n) is 5.42. The molecule has 1 saturated heterocycles. The lowest BCUT2D eigenvalue weighted by atomic mass is 9.86. The minimum atomic E-state index is -0.717. The van der Waals surface area contributed by atoms with E-state index in [2.05, 4.69) is 5.32 Å². The van der Waals surface area contributed by atoms with Crippen molar-refractivity contribution in [2.45, 2.75) is 57.8 Å². The van der Waals surface area contributed by atoms with E-state index in [1.54, 1.807) is 0 Å². The first kappa shape index (κ1) is 12.0. The molecule has 1 unspecified atom stereocenters. The molecule has 3 nitrogen and oxygen atoms in total. The maximum atomic E-state index is 9.92. The Hall–Kier alpha value is -0.120. The Morgan fingerprint density at radius 3 is 2.43 bits per heavy atom. The van der Waals surface area contributed by atoms with Gasteiger partial charge in [0.1, 0.15) is 0 Å².